The Labute approximate surface area is 298 Å². The Bertz CT molecular complexity index is 2880. The highest BCUT2D eigenvalue weighted by Crippen LogP contribution is 2.44. The normalized spacial score (nSPS) is 11.0. The molecule has 0 amide bonds. The molecule has 238 valence electrons. The second kappa shape index (κ2) is 11.9. The number of fused-ring (bicyclic) bond motifs is 6. The fraction of sp³-hybridized carbons (Fsp3) is 0. The Morgan fingerprint density at radius 3 is 1.15 bits per heavy atom. The number of rotatable bonds is 4. The lowest BCUT2D eigenvalue weighted by molar-refractivity contribution is 1.13. The summed E-state index contributed by atoms with van der Waals surface area (Å²) in [6, 6.07) is 56.6. The third kappa shape index (κ3) is 4.33. The minimum Gasteiger partial charge on any atom is -0.309 e. The number of benzene rings is 7. The number of nitriles is 4. The molecule has 0 bridgehead atoms. The van der Waals surface area contributed by atoms with Crippen LogP contribution < -0.4 is 0 Å². The topological polar surface area (TPSA) is 105 Å². The van der Waals surface area contributed by atoms with Gasteiger partial charge in [-0.15, -0.1) is 0 Å². The summed E-state index contributed by atoms with van der Waals surface area (Å²) in [4.78, 5) is 0. The van der Waals surface area contributed by atoms with Crippen molar-refractivity contribution in [2.24, 2.45) is 0 Å². The van der Waals surface area contributed by atoms with Gasteiger partial charge >= 0.3 is 0 Å². The van der Waals surface area contributed by atoms with Crippen LogP contribution in [0.1, 0.15) is 22.3 Å². The number of nitrogens with zero attached hydrogens (tertiary/aromatic N) is 6. The van der Waals surface area contributed by atoms with Crippen molar-refractivity contribution in [3.05, 3.63) is 168 Å². The third-order valence-corrected chi connectivity index (χ3v) is 9.89. The van der Waals surface area contributed by atoms with Crippen molar-refractivity contribution in [2.45, 2.75) is 0 Å². The van der Waals surface area contributed by atoms with E-state index in [1.54, 1.807) is 36.4 Å². The van der Waals surface area contributed by atoms with Crippen LogP contribution >= 0.6 is 0 Å². The van der Waals surface area contributed by atoms with E-state index in [4.69, 9.17) is 0 Å². The first kappa shape index (κ1) is 30.2. The van der Waals surface area contributed by atoms with Crippen LogP contribution in [0.3, 0.4) is 0 Å². The van der Waals surface area contributed by atoms with Crippen LogP contribution in [-0.2, 0) is 0 Å². The molecule has 9 rings (SSSR count). The second-order valence-electron chi connectivity index (χ2n) is 12.5. The first-order chi connectivity index (χ1) is 25.7. The molecule has 7 aromatic carbocycles. The van der Waals surface area contributed by atoms with Gasteiger partial charge in [0.05, 0.1) is 68.6 Å². The van der Waals surface area contributed by atoms with E-state index in [1.165, 1.54) is 0 Å². The molecule has 2 heterocycles. The minimum atomic E-state index is 0.393. The van der Waals surface area contributed by atoms with Gasteiger partial charge in [0.2, 0.25) is 0 Å². The van der Waals surface area contributed by atoms with E-state index in [1.807, 2.05) is 60.7 Å². The van der Waals surface area contributed by atoms with E-state index in [0.29, 0.717) is 33.4 Å². The lowest BCUT2D eigenvalue weighted by Gasteiger charge is -2.17. The van der Waals surface area contributed by atoms with Gasteiger partial charge in [-0.05, 0) is 54.6 Å². The molecule has 6 nitrogen and oxygen atoms in total. The standard InChI is InChI=1S/C46H24N6/c47-25-29-10-5-11-30(26-48)43(29)39-20-8-18-37-38-19-9-21-40(44-31(27-49)12-6-13-32(44)28-50)46(38)52(45(37)39)34-15-7-14-33(24-34)51-41-22-3-1-16-35(41)36-17-2-4-23-42(36)51/h1-24H. The molecule has 0 aliphatic rings. The van der Waals surface area contributed by atoms with Crippen LogP contribution in [0.2, 0.25) is 0 Å². The van der Waals surface area contributed by atoms with Crippen molar-refractivity contribution in [3.8, 4) is 57.9 Å². The van der Waals surface area contributed by atoms with Gasteiger partial charge in [0.25, 0.3) is 0 Å². The molecule has 0 saturated carbocycles. The smallest absolute Gasteiger partial charge is 0.0998 e. The molecule has 0 N–H and O–H groups in total. The van der Waals surface area contributed by atoms with Gasteiger partial charge in [0.1, 0.15) is 0 Å². The number of para-hydroxylation sites is 4. The van der Waals surface area contributed by atoms with Gasteiger partial charge in [0, 0.05) is 55.2 Å². The summed E-state index contributed by atoms with van der Waals surface area (Å²) in [5, 5.41) is 45.3. The zero-order valence-corrected chi connectivity index (χ0v) is 27.5. The molecule has 0 unspecified atom stereocenters. The van der Waals surface area contributed by atoms with Gasteiger partial charge in [-0.2, -0.15) is 21.0 Å². The predicted octanol–water partition coefficient (Wildman–Crippen LogP) is 10.7. The first-order valence-corrected chi connectivity index (χ1v) is 16.7. The number of aromatic nitrogens is 2. The number of hydrogen-bond acceptors (Lipinski definition) is 4. The molecule has 0 atom stereocenters. The average molecular weight is 661 g/mol. The molecule has 9 aromatic rings. The van der Waals surface area contributed by atoms with Crippen molar-refractivity contribution < 1.29 is 0 Å². The maximum absolute atomic E-state index is 10.3. The van der Waals surface area contributed by atoms with Gasteiger partial charge in [-0.25, -0.2) is 0 Å². The molecule has 0 aliphatic heterocycles. The molecule has 52 heavy (non-hydrogen) atoms. The largest absolute Gasteiger partial charge is 0.309 e. The molecule has 0 fully saturated rings. The maximum atomic E-state index is 10.3. The van der Waals surface area contributed by atoms with Crippen LogP contribution in [0.5, 0.6) is 0 Å². The molecule has 0 radical (unpaired) electrons. The maximum Gasteiger partial charge on any atom is 0.0998 e. The lowest BCUT2D eigenvalue weighted by Crippen LogP contribution is -2.01. The van der Waals surface area contributed by atoms with Gasteiger partial charge < -0.3 is 9.13 Å². The van der Waals surface area contributed by atoms with Crippen molar-refractivity contribution >= 4 is 43.6 Å². The Balaban J connectivity index is 1.47. The van der Waals surface area contributed by atoms with E-state index in [0.717, 1.165) is 66.1 Å². The molecule has 6 heteroatoms. The molecular formula is C46H24N6. The number of hydrogen-bond donors (Lipinski definition) is 0. The average Bonchev–Trinajstić information content (AvgIpc) is 3.73. The van der Waals surface area contributed by atoms with Crippen LogP contribution in [0.4, 0.5) is 0 Å². The van der Waals surface area contributed by atoms with Crippen LogP contribution in [-0.4, -0.2) is 9.13 Å². The van der Waals surface area contributed by atoms with Crippen molar-refractivity contribution in [2.75, 3.05) is 0 Å². The zero-order chi connectivity index (χ0) is 35.3. The highest BCUT2D eigenvalue weighted by atomic mass is 15.0. The Kier molecular flexibility index (Phi) is 6.91. The van der Waals surface area contributed by atoms with Crippen molar-refractivity contribution in [1.82, 2.24) is 9.13 Å². The Hall–Kier alpha value is -7.90. The first-order valence-electron chi connectivity index (χ1n) is 16.7. The summed E-state index contributed by atoms with van der Waals surface area (Å²) in [5.41, 5.74) is 9.67. The fourth-order valence-corrected chi connectivity index (χ4v) is 7.81. The predicted molar refractivity (Wildman–Crippen MR) is 205 cm³/mol. The van der Waals surface area contributed by atoms with Crippen molar-refractivity contribution in [1.29, 1.82) is 21.0 Å². The van der Waals surface area contributed by atoms with E-state index in [9.17, 15) is 21.0 Å². The Morgan fingerprint density at radius 2 is 0.712 bits per heavy atom. The summed E-state index contributed by atoms with van der Waals surface area (Å²) in [6.07, 6.45) is 0. The molecule has 0 spiro atoms. The zero-order valence-electron chi connectivity index (χ0n) is 27.5. The summed E-state index contributed by atoms with van der Waals surface area (Å²) in [6.45, 7) is 0. The van der Waals surface area contributed by atoms with Gasteiger partial charge in [0.15, 0.2) is 0 Å². The third-order valence-electron chi connectivity index (χ3n) is 9.89. The second-order valence-corrected chi connectivity index (χ2v) is 12.5. The Morgan fingerprint density at radius 1 is 0.346 bits per heavy atom. The van der Waals surface area contributed by atoms with Gasteiger partial charge in [-0.3, -0.25) is 0 Å². The summed E-state index contributed by atoms with van der Waals surface area (Å²) in [5.74, 6) is 0. The highest BCUT2D eigenvalue weighted by molar-refractivity contribution is 6.18. The quantitative estimate of drug-likeness (QED) is 0.187. The van der Waals surface area contributed by atoms with Crippen LogP contribution in [0.15, 0.2) is 146 Å². The fourth-order valence-electron chi connectivity index (χ4n) is 7.81. The molecule has 0 aliphatic carbocycles. The minimum absolute atomic E-state index is 0.393. The van der Waals surface area contributed by atoms with E-state index in [-0.39, 0.29) is 0 Å². The monoisotopic (exact) mass is 660 g/mol. The van der Waals surface area contributed by atoms with Crippen molar-refractivity contribution in [3.63, 3.8) is 0 Å². The summed E-state index contributed by atoms with van der Waals surface area (Å²) >= 11 is 0. The molecule has 0 saturated heterocycles. The molecular weight excluding hydrogens is 637 g/mol. The SMILES string of the molecule is N#Cc1cccc(C#N)c1-c1cccc2c3cccc(-c4c(C#N)cccc4C#N)c3n(-c3cccc(-n4c5ccccc5c5ccccc54)c3)c12. The lowest BCUT2D eigenvalue weighted by atomic mass is 9.93. The summed E-state index contributed by atoms with van der Waals surface area (Å²) in [7, 11) is 0. The van der Waals surface area contributed by atoms with Crippen LogP contribution in [0, 0.1) is 45.3 Å². The molecule has 2 aromatic heterocycles. The van der Waals surface area contributed by atoms with Gasteiger partial charge in [-0.1, -0.05) is 91.0 Å². The van der Waals surface area contributed by atoms with E-state index >= 15 is 0 Å². The van der Waals surface area contributed by atoms with E-state index < -0.39 is 0 Å². The van der Waals surface area contributed by atoms with E-state index in [2.05, 4.69) is 81.9 Å². The summed E-state index contributed by atoms with van der Waals surface area (Å²) < 4.78 is 4.43. The van der Waals surface area contributed by atoms with Crippen LogP contribution in [0.25, 0.3) is 77.2 Å². The highest BCUT2D eigenvalue weighted by Gasteiger charge is 2.24.